The number of rotatable bonds is 7. The molecule has 5 rings (SSSR count). The minimum atomic E-state index is -0.261. The largest absolute Gasteiger partial charge is 0.497 e. The van der Waals surface area contributed by atoms with Gasteiger partial charge in [0.05, 0.1) is 17.6 Å². The van der Waals surface area contributed by atoms with Gasteiger partial charge in [0.15, 0.2) is 0 Å². The maximum absolute atomic E-state index is 13.5. The molecule has 33 heavy (non-hydrogen) atoms. The Balaban J connectivity index is 1.46. The number of nitrogens with one attached hydrogen (secondary N) is 1. The summed E-state index contributed by atoms with van der Waals surface area (Å²) in [6, 6.07) is 25.0. The summed E-state index contributed by atoms with van der Waals surface area (Å²) in [5.41, 5.74) is 3.28. The quantitative estimate of drug-likeness (QED) is 0.386. The molecule has 2 heterocycles. The topological polar surface area (TPSA) is 62.4 Å². The number of hydrogen-bond donors (Lipinski definition) is 1. The lowest BCUT2D eigenvalue weighted by Crippen LogP contribution is -2.33. The van der Waals surface area contributed by atoms with Gasteiger partial charge in [-0.1, -0.05) is 60.3 Å². The minimum absolute atomic E-state index is 0.250. The molecule has 6 heteroatoms. The third-order valence-corrected chi connectivity index (χ3v) is 6.84. The summed E-state index contributed by atoms with van der Waals surface area (Å²) in [6.45, 7) is 0.317. The Morgan fingerprint density at radius 3 is 2.36 bits per heavy atom. The molecule has 0 spiro atoms. The van der Waals surface area contributed by atoms with Crippen molar-refractivity contribution in [1.82, 2.24) is 9.88 Å². The number of imide groups is 1. The van der Waals surface area contributed by atoms with Gasteiger partial charge in [0.25, 0.3) is 11.8 Å². The van der Waals surface area contributed by atoms with Gasteiger partial charge in [0.2, 0.25) is 0 Å². The van der Waals surface area contributed by atoms with Crippen LogP contribution in [0.15, 0.2) is 94.9 Å². The van der Waals surface area contributed by atoms with E-state index in [-0.39, 0.29) is 11.8 Å². The molecule has 0 fully saturated rings. The summed E-state index contributed by atoms with van der Waals surface area (Å²) >= 11 is 1.34. The molecule has 0 saturated carbocycles. The van der Waals surface area contributed by atoms with Crippen molar-refractivity contribution < 1.29 is 14.3 Å². The van der Waals surface area contributed by atoms with Crippen molar-refractivity contribution in [3.63, 3.8) is 0 Å². The summed E-state index contributed by atoms with van der Waals surface area (Å²) in [6.07, 6.45) is 2.54. The van der Waals surface area contributed by atoms with E-state index in [1.54, 1.807) is 19.2 Å². The maximum atomic E-state index is 13.5. The molecule has 0 saturated heterocycles. The van der Waals surface area contributed by atoms with E-state index in [1.165, 1.54) is 16.7 Å². The van der Waals surface area contributed by atoms with Gasteiger partial charge in [-0.15, -0.1) is 0 Å². The van der Waals surface area contributed by atoms with Crippen molar-refractivity contribution in [2.45, 2.75) is 11.3 Å². The predicted molar refractivity (Wildman–Crippen MR) is 131 cm³/mol. The highest BCUT2D eigenvalue weighted by Gasteiger charge is 2.39. The number of para-hydroxylation sites is 1. The zero-order valence-corrected chi connectivity index (χ0v) is 18.9. The zero-order chi connectivity index (χ0) is 22.8. The smallest absolute Gasteiger partial charge is 0.268 e. The highest BCUT2D eigenvalue weighted by atomic mass is 32.2. The second kappa shape index (κ2) is 9.00. The van der Waals surface area contributed by atoms with E-state index >= 15 is 0 Å². The zero-order valence-electron chi connectivity index (χ0n) is 18.1. The first-order valence-electron chi connectivity index (χ1n) is 10.7. The second-order valence-corrected chi connectivity index (χ2v) is 8.80. The summed E-state index contributed by atoms with van der Waals surface area (Å²) in [4.78, 5) is 32.9. The molecule has 1 N–H and O–H groups in total. The molecule has 1 aromatic heterocycles. The van der Waals surface area contributed by atoms with Crippen LogP contribution in [0.1, 0.15) is 11.1 Å². The first-order valence-corrected chi connectivity index (χ1v) is 11.5. The number of carbonyl (C=O) groups is 2. The van der Waals surface area contributed by atoms with Gasteiger partial charge in [-0.05, 0) is 47.9 Å². The van der Waals surface area contributed by atoms with Crippen molar-refractivity contribution in [2.24, 2.45) is 0 Å². The SMILES string of the molecule is COc1ccc(C2=C(Sc3ccccc3)C(=O)N(CCc3c[nH]c4ccccc34)C2=O)cc1. The average Bonchev–Trinajstić information content (AvgIpc) is 3.37. The number of benzene rings is 3. The van der Waals surface area contributed by atoms with Crippen LogP contribution >= 0.6 is 11.8 Å². The van der Waals surface area contributed by atoms with Gasteiger partial charge in [-0.25, -0.2) is 0 Å². The lowest BCUT2D eigenvalue weighted by atomic mass is 10.1. The third-order valence-electron chi connectivity index (χ3n) is 5.75. The predicted octanol–water partition coefficient (Wildman–Crippen LogP) is 5.29. The van der Waals surface area contributed by atoms with Gasteiger partial charge in [0.1, 0.15) is 5.75 Å². The van der Waals surface area contributed by atoms with Crippen LogP contribution in [-0.4, -0.2) is 35.4 Å². The Kier molecular flexibility index (Phi) is 5.75. The fraction of sp³-hybridized carbons (Fsp3) is 0.111. The fourth-order valence-corrected chi connectivity index (χ4v) is 5.07. The maximum Gasteiger partial charge on any atom is 0.268 e. The molecular formula is C27H22N2O3S. The number of amides is 2. The molecule has 5 nitrogen and oxygen atoms in total. The Morgan fingerprint density at radius 1 is 0.879 bits per heavy atom. The normalized spacial score (nSPS) is 13.9. The minimum Gasteiger partial charge on any atom is -0.497 e. The number of ether oxygens (including phenoxy) is 1. The van der Waals surface area contributed by atoms with E-state index in [2.05, 4.69) is 4.98 Å². The molecule has 0 atom stereocenters. The molecular weight excluding hydrogens is 432 g/mol. The molecule has 1 aliphatic rings. The van der Waals surface area contributed by atoms with Crippen LogP contribution < -0.4 is 4.74 Å². The van der Waals surface area contributed by atoms with Crippen molar-refractivity contribution >= 4 is 40.1 Å². The van der Waals surface area contributed by atoms with Crippen molar-refractivity contribution in [2.75, 3.05) is 13.7 Å². The molecule has 2 amide bonds. The number of H-pyrrole nitrogens is 1. The Hall–Kier alpha value is -3.77. The standard InChI is InChI=1S/C27H22N2O3S/c1-32-20-13-11-18(12-14-20)24-25(33-21-7-3-2-4-8-21)27(31)29(26(24)30)16-15-19-17-28-23-10-6-5-9-22(19)23/h2-14,17,28H,15-16H2,1H3. The second-order valence-electron chi connectivity index (χ2n) is 7.72. The molecule has 0 aliphatic carbocycles. The summed E-state index contributed by atoms with van der Waals surface area (Å²) in [5, 5.41) is 1.11. The van der Waals surface area contributed by atoms with Crippen LogP contribution in [0.5, 0.6) is 5.75 Å². The monoisotopic (exact) mass is 454 g/mol. The van der Waals surface area contributed by atoms with E-state index in [0.717, 1.165) is 21.4 Å². The first-order chi connectivity index (χ1) is 16.2. The van der Waals surface area contributed by atoms with Crippen LogP contribution in [-0.2, 0) is 16.0 Å². The average molecular weight is 455 g/mol. The summed E-state index contributed by atoms with van der Waals surface area (Å²) < 4.78 is 5.25. The number of methoxy groups -OCH3 is 1. The van der Waals surface area contributed by atoms with Gasteiger partial charge >= 0.3 is 0 Å². The number of aromatic nitrogens is 1. The number of thioether (sulfide) groups is 1. The van der Waals surface area contributed by atoms with E-state index in [1.807, 2.05) is 72.9 Å². The summed E-state index contributed by atoms with van der Waals surface area (Å²) in [5.74, 6) is 0.188. The Bertz CT molecular complexity index is 1360. The first kappa shape index (κ1) is 21.1. The van der Waals surface area contributed by atoms with Crippen LogP contribution in [0.25, 0.3) is 16.5 Å². The number of aromatic amines is 1. The Morgan fingerprint density at radius 2 is 1.61 bits per heavy atom. The highest BCUT2D eigenvalue weighted by molar-refractivity contribution is 8.04. The molecule has 0 unspecified atom stereocenters. The van der Waals surface area contributed by atoms with E-state index in [9.17, 15) is 9.59 Å². The third kappa shape index (κ3) is 4.05. The van der Waals surface area contributed by atoms with Crippen LogP contribution in [0.2, 0.25) is 0 Å². The molecule has 0 radical (unpaired) electrons. The van der Waals surface area contributed by atoms with Gasteiger partial charge in [0, 0.05) is 28.5 Å². The molecule has 4 aromatic rings. The van der Waals surface area contributed by atoms with Gasteiger partial charge < -0.3 is 9.72 Å². The van der Waals surface area contributed by atoms with Gasteiger partial charge in [-0.3, -0.25) is 14.5 Å². The molecule has 1 aliphatic heterocycles. The van der Waals surface area contributed by atoms with E-state index in [4.69, 9.17) is 4.74 Å². The summed E-state index contributed by atoms with van der Waals surface area (Å²) in [7, 11) is 1.60. The number of hydrogen-bond acceptors (Lipinski definition) is 4. The number of fused-ring (bicyclic) bond motifs is 1. The fourth-order valence-electron chi connectivity index (χ4n) is 4.04. The van der Waals surface area contributed by atoms with Crippen LogP contribution in [0.4, 0.5) is 0 Å². The van der Waals surface area contributed by atoms with E-state index < -0.39 is 0 Å². The highest BCUT2D eigenvalue weighted by Crippen LogP contribution is 2.40. The van der Waals surface area contributed by atoms with Crippen LogP contribution in [0.3, 0.4) is 0 Å². The Labute approximate surface area is 196 Å². The van der Waals surface area contributed by atoms with Crippen LogP contribution in [0, 0.1) is 0 Å². The van der Waals surface area contributed by atoms with Crippen molar-refractivity contribution in [1.29, 1.82) is 0 Å². The van der Waals surface area contributed by atoms with Gasteiger partial charge in [-0.2, -0.15) is 0 Å². The molecule has 0 bridgehead atoms. The van der Waals surface area contributed by atoms with E-state index in [0.29, 0.717) is 34.8 Å². The van der Waals surface area contributed by atoms with Crippen molar-refractivity contribution in [3.8, 4) is 5.75 Å². The lowest BCUT2D eigenvalue weighted by molar-refractivity contribution is -0.136. The lowest BCUT2D eigenvalue weighted by Gasteiger charge is -2.15. The number of nitrogens with zero attached hydrogens (tertiary/aromatic N) is 1. The molecule has 3 aromatic carbocycles. The molecule has 164 valence electrons. The van der Waals surface area contributed by atoms with Crippen molar-refractivity contribution in [3.05, 3.63) is 101 Å². The number of carbonyl (C=O) groups excluding carboxylic acids is 2.